The number of aliphatic carboxylic acids is 1. The van der Waals surface area contributed by atoms with Gasteiger partial charge in [-0.05, 0) is 0 Å². The molecule has 0 bridgehead atoms. The maximum atomic E-state index is 13.4. The second-order valence-corrected chi connectivity index (χ2v) is 7.41. The molecule has 0 saturated carbocycles. The van der Waals surface area contributed by atoms with Crippen LogP contribution in [0.15, 0.2) is 6.33 Å². The number of ether oxygens (including phenoxy) is 2. The summed E-state index contributed by atoms with van der Waals surface area (Å²) in [4.78, 5) is 39.7. The minimum absolute atomic E-state index is 0.0238. The molecule has 3 heterocycles. The zero-order valence-corrected chi connectivity index (χ0v) is 14.3. The van der Waals surface area contributed by atoms with E-state index >= 15 is 0 Å². The highest BCUT2D eigenvalue weighted by molar-refractivity contribution is 7.53. The van der Waals surface area contributed by atoms with Gasteiger partial charge in [0, 0.05) is 6.42 Å². The van der Waals surface area contributed by atoms with Gasteiger partial charge in [-0.3, -0.25) is 9.13 Å². The number of imidazole rings is 1. The Labute approximate surface area is 149 Å². The fourth-order valence-corrected chi connectivity index (χ4v) is 3.26. The average molecular weight is 407 g/mol. The topological polar surface area (TPSA) is 203 Å². The molecule has 4 unspecified atom stereocenters. The third-order valence-corrected chi connectivity index (χ3v) is 4.80. The van der Waals surface area contributed by atoms with Gasteiger partial charge in [0.15, 0.2) is 23.2 Å². The highest BCUT2D eigenvalue weighted by atomic mass is 31.2. The number of aliphatic hydroxyl groups excluding tert-OH is 1. The number of rotatable bonds is 6. The number of halogens is 1. The standard InChI is InChI=1S/C12H15FN5O8P/c13-12-16-7(14)6-8(17-12)18(3-15-6)9-5(19)1-4(26-9)2-25-11(10(20)21)27(22,23)24/h3-5,9,11,19H,1-2H2,(H,20,21)(H2,14,16,17)(H2,22,23,24). The SMILES string of the molecule is Nc1nc(F)nc2c1ncn2C1OC(COC(C(=O)O)P(=O)(O)O)CC1O. The fraction of sp³-hybridized carbons (Fsp3) is 0.500. The van der Waals surface area contributed by atoms with Crippen molar-refractivity contribution in [2.24, 2.45) is 0 Å². The molecule has 0 amide bonds. The molecule has 1 aliphatic heterocycles. The van der Waals surface area contributed by atoms with Gasteiger partial charge in [0.05, 0.1) is 19.0 Å². The van der Waals surface area contributed by atoms with Gasteiger partial charge < -0.3 is 35.2 Å². The number of anilines is 1. The average Bonchev–Trinajstić information content (AvgIpc) is 3.09. The summed E-state index contributed by atoms with van der Waals surface area (Å²) in [6.07, 6.45) is -3.02. The van der Waals surface area contributed by atoms with Crippen LogP contribution in [0.3, 0.4) is 0 Å². The lowest BCUT2D eigenvalue weighted by Gasteiger charge is -2.19. The van der Waals surface area contributed by atoms with E-state index in [-0.39, 0.29) is 23.4 Å². The molecule has 4 atom stereocenters. The van der Waals surface area contributed by atoms with Crippen molar-refractivity contribution in [2.45, 2.75) is 30.7 Å². The molecular formula is C12H15FN5O8P. The van der Waals surface area contributed by atoms with Crippen molar-refractivity contribution in [2.75, 3.05) is 12.3 Å². The minimum atomic E-state index is -5.04. The minimum Gasteiger partial charge on any atom is -0.479 e. The normalized spacial score (nSPS) is 24.4. The summed E-state index contributed by atoms with van der Waals surface area (Å²) in [7, 11) is -5.04. The van der Waals surface area contributed by atoms with Gasteiger partial charge in [-0.25, -0.2) is 9.78 Å². The van der Waals surface area contributed by atoms with Crippen molar-refractivity contribution in [1.82, 2.24) is 19.5 Å². The van der Waals surface area contributed by atoms with Gasteiger partial charge >= 0.3 is 19.6 Å². The Kier molecular flexibility index (Phi) is 5.12. The van der Waals surface area contributed by atoms with Crippen LogP contribution in [-0.2, 0) is 18.8 Å². The Morgan fingerprint density at radius 3 is 2.85 bits per heavy atom. The van der Waals surface area contributed by atoms with Crippen LogP contribution >= 0.6 is 7.60 Å². The molecule has 148 valence electrons. The molecule has 13 nitrogen and oxygen atoms in total. The Hall–Kier alpha value is -2.22. The van der Waals surface area contributed by atoms with Crippen molar-refractivity contribution >= 4 is 30.5 Å². The maximum Gasteiger partial charge on any atom is 0.365 e. The highest BCUT2D eigenvalue weighted by Crippen LogP contribution is 2.42. The van der Waals surface area contributed by atoms with Crippen LogP contribution in [0.4, 0.5) is 10.2 Å². The molecular weight excluding hydrogens is 392 g/mol. The summed E-state index contributed by atoms with van der Waals surface area (Å²) in [6.45, 7) is -0.506. The molecule has 3 rings (SSSR count). The molecule has 15 heteroatoms. The second-order valence-electron chi connectivity index (χ2n) is 5.77. The Morgan fingerprint density at radius 2 is 2.22 bits per heavy atom. The first-order valence-electron chi connectivity index (χ1n) is 7.46. The van der Waals surface area contributed by atoms with E-state index in [2.05, 4.69) is 15.0 Å². The highest BCUT2D eigenvalue weighted by Gasteiger charge is 2.41. The lowest BCUT2D eigenvalue weighted by molar-refractivity contribution is -0.148. The van der Waals surface area contributed by atoms with Gasteiger partial charge in [0.1, 0.15) is 6.10 Å². The van der Waals surface area contributed by atoms with E-state index in [1.54, 1.807) is 0 Å². The van der Waals surface area contributed by atoms with Crippen molar-refractivity contribution < 1.29 is 43.2 Å². The molecule has 6 N–H and O–H groups in total. The number of fused-ring (bicyclic) bond motifs is 1. The molecule has 1 saturated heterocycles. The van der Waals surface area contributed by atoms with Crippen molar-refractivity contribution in [3.63, 3.8) is 0 Å². The first-order valence-corrected chi connectivity index (χ1v) is 9.14. The van der Waals surface area contributed by atoms with Gasteiger partial charge in [-0.15, -0.1) is 0 Å². The van der Waals surface area contributed by atoms with Crippen LogP contribution in [0.25, 0.3) is 11.2 Å². The largest absolute Gasteiger partial charge is 0.479 e. The number of nitrogens with zero attached hydrogens (tertiary/aromatic N) is 4. The monoisotopic (exact) mass is 407 g/mol. The van der Waals surface area contributed by atoms with E-state index in [1.165, 1.54) is 10.9 Å². The third kappa shape index (κ3) is 3.90. The van der Waals surface area contributed by atoms with Crippen molar-refractivity contribution in [3.8, 4) is 0 Å². The molecule has 27 heavy (non-hydrogen) atoms. The van der Waals surface area contributed by atoms with Gasteiger partial charge in [-0.1, -0.05) is 0 Å². The smallest absolute Gasteiger partial charge is 0.365 e. The predicted octanol–water partition coefficient (Wildman–Crippen LogP) is -1.20. The van der Waals surface area contributed by atoms with E-state index in [1.807, 2.05) is 0 Å². The summed E-state index contributed by atoms with van der Waals surface area (Å²) in [5.41, 5.74) is 5.63. The first kappa shape index (κ1) is 19.5. The number of nitrogen functional groups attached to an aromatic ring is 1. The molecule has 1 aliphatic rings. The van der Waals surface area contributed by atoms with E-state index in [0.29, 0.717) is 0 Å². The zero-order valence-electron chi connectivity index (χ0n) is 13.4. The van der Waals surface area contributed by atoms with E-state index < -0.39 is 50.5 Å². The summed E-state index contributed by atoms with van der Waals surface area (Å²) in [5, 5.41) is 19.0. The molecule has 2 aromatic rings. The maximum absolute atomic E-state index is 13.4. The molecule has 0 aliphatic carbocycles. The van der Waals surface area contributed by atoms with Crippen LogP contribution in [0.2, 0.25) is 0 Å². The van der Waals surface area contributed by atoms with Crippen LogP contribution < -0.4 is 5.73 Å². The summed E-state index contributed by atoms with van der Waals surface area (Å²) in [6, 6.07) is 0. The van der Waals surface area contributed by atoms with E-state index in [0.717, 1.165) is 0 Å². The Balaban J connectivity index is 1.76. The summed E-state index contributed by atoms with van der Waals surface area (Å²) in [5.74, 6) is -4.38. The van der Waals surface area contributed by atoms with E-state index in [9.17, 15) is 18.9 Å². The molecule has 0 spiro atoms. The quantitative estimate of drug-likeness (QED) is 0.283. The number of aliphatic hydroxyl groups is 1. The number of aromatic nitrogens is 4. The zero-order chi connectivity index (χ0) is 19.9. The Morgan fingerprint density at radius 1 is 1.52 bits per heavy atom. The summed E-state index contributed by atoms with van der Waals surface area (Å²) < 4.78 is 36.1. The van der Waals surface area contributed by atoms with Crippen LogP contribution in [0.5, 0.6) is 0 Å². The number of carboxylic acid groups (broad SMARTS) is 1. The molecule has 2 aromatic heterocycles. The summed E-state index contributed by atoms with van der Waals surface area (Å²) >= 11 is 0. The lowest BCUT2D eigenvalue weighted by Crippen LogP contribution is -2.28. The number of carboxylic acids is 1. The number of carbonyl (C=O) groups is 1. The molecule has 0 aromatic carbocycles. The van der Waals surface area contributed by atoms with Gasteiger partial charge in [0.2, 0.25) is 0 Å². The van der Waals surface area contributed by atoms with E-state index in [4.69, 9.17) is 30.1 Å². The number of nitrogens with two attached hydrogens (primary N) is 1. The second kappa shape index (κ2) is 7.07. The fourth-order valence-electron chi connectivity index (χ4n) is 2.70. The first-order chi connectivity index (χ1) is 12.6. The number of hydrogen-bond acceptors (Lipinski definition) is 9. The molecule has 1 fully saturated rings. The van der Waals surface area contributed by atoms with Crippen LogP contribution in [0.1, 0.15) is 12.6 Å². The van der Waals surface area contributed by atoms with Gasteiger partial charge in [0.25, 0.3) is 5.85 Å². The van der Waals surface area contributed by atoms with Crippen molar-refractivity contribution in [1.29, 1.82) is 0 Å². The predicted molar refractivity (Wildman–Crippen MR) is 83.6 cm³/mol. The lowest BCUT2D eigenvalue weighted by atomic mass is 10.2. The van der Waals surface area contributed by atoms with Crippen molar-refractivity contribution in [3.05, 3.63) is 12.4 Å². The molecule has 0 radical (unpaired) electrons. The Bertz CT molecular complexity index is 919. The van der Waals surface area contributed by atoms with Crippen LogP contribution in [-0.4, -0.2) is 70.1 Å². The van der Waals surface area contributed by atoms with Crippen LogP contribution in [0, 0.1) is 6.08 Å². The number of hydrogen-bond donors (Lipinski definition) is 5. The third-order valence-electron chi connectivity index (χ3n) is 3.82. The van der Waals surface area contributed by atoms with Gasteiger partial charge in [-0.2, -0.15) is 14.4 Å².